The van der Waals surface area contributed by atoms with Crippen LogP contribution in [0, 0.1) is 5.82 Å². The molecule has 0 radical (unpaired) electrons. The molecular weight excluding hydrogens is 173 g/mol. The Morgan fingerprint density at radius 2 is 2.38 bits per heavy atom. The number of nitrogens with zero attached hydrogens (tertiary/aromatic N) is 1. The third-order valence-electron chi connectivity index (χ3n) is 1.51. The zero-order chi connectivity index (χ0) is 9.68. The first-order chi connectivity index (χ1) is 6.27. The summed E-state index contributed by atoms with van der Waals surface area (Å²) in [7, 11) is 0. The number of rotatable bonds is 4. The summed E-state index contributed by atoms with van der Waals surface area (Å²) in [5, 5.41) is 8.86. The minimum absolute atomic E-state index is 0.260. The Labute approximate surface area is 76.2 Å². The lowest BCUT2D eigenvalue weighted by molar-refractivity contribution is 0.256. The van der Waals surface area contributed by atoms with Gasteiger partial charge < -0.3 is 9.84 Å². The van der Waals surface area contributed by atoms with Gasteiger partial charge in [0.25, 0.3) is 0 Å². The lowest BCUT2D eigenvalue weighted by Gasteiger charge is -2.06. The molecule has 1 heterocycles. The van der Waals surface area contributed by atoms with Crippen molar-refractivity contribution in [2.75, 3.05) is 6.61 Å². The van der Waals surface area contributed by atoms with Crippen LogP contribution in [0.1, 0.15) is 18.9 Å². The molecule has 0 amide bonds. The Bertz CT molecular complexity index is 278. The van der Waals surface area contributed by atoms with E-state index in [2.05, 4.69) is 4.98 Å². The van der Waals surface area contributed by atoms with Gasteiger partial charge in [-0.2, -0.15) is 0 Å². The molecule has 1 aromatic rings. The molecule has 13 heavy (non-hydrogen) atoms. The maximum atomic E-state index is 12.6. The highest BCUT2D eigenvalue weighted by atomic mass is 19.1. The van der Waals surface area contributed by atoms with Crippen molar-refractivity contribution in [2.45, 2.75) is 20.0 Å². The first-order valence-corrected chi connectivity index (χ1v) is 4.16. The molecule has 0 aliphatic heterocycles. The van der Waals surface area contributed by atoms with Gasteiger partial charge in [0.05, 0.1) is 19.4 Å². The first kappa shape index (κ1) is 9.92. The molecule has 1 N–H and O–H groups in total. The van der Waals surface area contributed by atoms with E-state index in [9.17, 15) is 4.39 Å². The molecule has 0 saturated carbocycles. The molecular formula is C9H12FNO2. The standard InChI is InChI=1S/C9H12FNO2/c1-2-3-13-9-7(6-12)4-8(10)5-11-9/h4-5,12H,2-3,6H2,1H3. The average Bonchev–Trinajstić information content (AvgIpc) is 2.16. The van der Waals surface area contributed by atoms with E-state index < -0.39 is 5.82 Å². The van der Waals surface area contributed by atoms with Gasteiger partial charge in [-0.25, -0.2) is 9.37 Å². The molecule has 0 aliphatic rings. The quantitative estimate of drug-likeness (QED) is 0.773. The Morgan fingerprint density at radius 1 is 1.62 bits per heavy atom. The van der Waals surface area contributed by atoms with Crippen molar-refractivity contribution in [1.82, 2.24) is 4.98 Å². The highest BCUT2D eigenvalue weighted by Crippen LogP contribution is 2.15. The molecule has 0 unspecified atom stereocenters. The number of halogens is 1. The van der Waals surface area contributed by atoms with Crippen LogP contribution in [-0.4, -0.2) is 16.7 Å². The molecule has 0 spiro atoms. The summed E-state index contributed by atoms with van der Waals surface area (Å²) < 4.78 is 17.8. The summed E-state index contributed by atoms with van der Waals surface area (Å²) >= 11 is 0. The van der Waals surface area contributed by atoms with Gasteiger partial charge in [-0.3, -0.25) is 0 Å². The van der Waals surface area contributed by atoms with Gasteiger partial charge >= 0.3 is 0 Å². The van der Waals surface area contributed by atoms with Crippen LogP contribution in [0.15, 0.2) is 12.3 Å². The molecule has 0 saturated heterocycles. The lowest BCUT2D eigenvalue weighted by atomic mass is 10.3. The van der Waals surface area contributed by atoms with Crippen molar-refractivity contribution in [3.05, 3.63) is 23.6 Å². The van der Waals surface area contributed by atoms with Gasteiger partial charge in [-0.1, -0.05) is 6.92 Å². The minimum Gasteiger partial charge on any atom is -0.477 e. The van der Waals surface area contributed by atoms with E-state index in [1.165, 1.54) is 6.07 Å². The monoisotopic (exact) mass is 185 g/mol. The van der Waals surface area contributed by atoms with E-state index in [4.69, 9.17) is 9.84 Å². The van der Waals surface area contributed by atoms with Crippen LogP contribution in [0.2, 0.25) is 0 Å². The number of pyridine rings is 1. The number of hydrogen-bond acceptors (Lipinski definition) is 3. The fourth-order valence-corrected chi connectivity index (χ4v) is 0.911. The summed E-state index contributed by atoms with van der Waals surface area (Å²) in [6, 6.07) is 1.22. The van der Waals surface area contributed by atoms with Crippen LogP contribution in [0.5, 0.6) is 5.88 Å². The number of aliphatic hydroxyl groups excluding tert-OH is 1. The number of ether oxygens (including phenoxy) is 1. The largest absolute Gasteiger partial charge is 0.477 e. The van der Waals surface area contributed by atoms with Crippen LogP contribution in [-0.2, 0) is 6.61 Å². The predicted molar refractivity (Wildman–Crippen MR) is 45.9 cm³/mol. The molecule has 72 valence electrons. The van der Waals surface area contributed by atoms with Crippen molar-refractivity contribution in [3.8, 4) is 5.88 Å². The van der Waals surface area contributed by atoms with Gasteiger partial charge in [0, 0.05) is 5.56 Å². The molecule has 0 aliphatic carbocycles. The highest BCUT2D eigenvalue weighted by Gasteiger charge is 2.05. The van der Waals surface area contributed by atoms with Crippen molar-refractivity contribution in [3.63, 3.8) is 0 Å². The van der Waals surface area contributed by atoms with Crippen LogP contribution >= 0.6 is 0 Å². The van der Waals surface area contributed by atoms with E-state index in [-0.39, 0.29) is 6.61 Å². The smallest absolute Gasteiger partial charge is 0.219 e. The number of hydrogen-bond donors (Lipinski definition) is 1. The van der Waals surface area contributed by atoms with E-state index in [0.717, 1.165) is 12.6 Å². The van der Waals surface area contributed by atoms with Crippen LogP contribution in [0.4, 0.5) is 4.39 Å². The van der Waals surface area contributed by atoms with Gasteiger partial charge in [0.1, 0.15) is 5.82 Å². The second-order valence-corrected chi connectivity index (χ2v) is 2.62. The Kier molecular flexibility index (Phi) is 3.64. The molecule has 0 atom stereocenters. The van der Waals surface area contributed by atoms with Gasteiger partial charge in [-0.05, 0) is 12.5 Å². The first-order valence-electron chi connectivity index (χ1n) is 4.16. The van der Waals surface area contributed by atoms with E-state index in [1.807, 2.05) is 6.92 Å². The van der Waals surface area contributed by atoms with Crippen LogP contribution in [0.25, 0.3) is 0 Å². The van der Waals surface area contributed by atoms with Crippen molar-refractivity contribution in [2.24, 2.45) is 0 Å². The van der Waals surface area contributed by atoms with E-state index >= 15 is 0 Å². The van der Waals surface area contributed by atoms with Crippen LogP contribution < -0.4 is 4.74 Å². The molecule has 1 aromatic heterocycles. The lowest BCUT2D eigenvalue weighted by Crippen LogP contribution is -2.01. The zero-order valence-electron chi connectivity index (χ0n) is 7.46. The van der Waals surface area contributed by atoms with Crippen LogP contribution in [0.3, 0.4) is 0 Å². The van der Waals surface area contributed by atoms with E-state index in [0.29, 0.717) is 18.1 Å². The molecule has 0 bridgehead atoms. The number of aromatic nitrogens is 1. The van der Waals surface area contributed by atoms with Gasteiger partial charge in [-0.15, -0.1) is 0 Å². The Morgan fingerprint density at radius 3 is 3.00 bits per heavy atom. The molecule has 0 aromatic carbocycles. The summed E-state index contributed by atoms with van der Waals surface area (Å²) in [6.45, 7) is 2.22. The average molecular weight is 185 g/mol. The predicted octanol–water partition coefficient (Wildman–Crippen LogP) is 1.50. The summed E-state index contributed by atoms with van der Waals surface area (Å²) in [6.07, 6.45) is 1.92. The topological polar surface area (TPSA) is 42.4 Å². The minimum atomic E-state index is -0.465. The third kappa shape index (κ3) is 2.66. The van der Waals surface area contributed by atoms with Crippen molar-refractivity contribution in [1.29, 1.82) is 0 Å². The van der Waals surface area contributed by atoms with Crippen molar-refractivity contribution < 1.29 is 14.2 Å². The molecule has 0 fully saturated rings. The van der Waals surface area contributed by atoms with Gasteiger partial charge in [0.2, 0.25) is 5.88 Å². The Hall–Kier alpha value is -1.16. The summed E-state index contributed by atoms with van der Waals surface area (Å²) in [5.74, 6) is -0.154. The zero-order valence-corrected chi connectivity index (χ0v) is 7.46. The summed E-state index contributed by atoms with van der Waals surface area (Å²) in [4.78, 5) is 3.73. The molecule has 3 nitrogen and oxygen atoms in total. The maximum Gasteiger partial charge on any atom is 0.219 e. The maximum absolute atomic E-state index is 12.6. The third-order valence-corrected chi connectivity index (χ3v) is 1.51. The highest BCUT2D eigenvalue weighted by molar-refractivity contribution is 5.25. The molecule has 4 heteroatoms. The number of aliphatic hydroxyl groups is 1. The second kappa shape index (κ2) is 4.77. The van der Waals surface area contributed by atoms with E-state index in [1.54, 1.807) is 0 Å². The second-order valence-electron chi connectivity index (χ2n) is 2.62. The van der Waals surface area contributed by atoms with Gasteiger partial charge in [0.15, 0.2) is 0 Å². The SMILES string of the molecule is CCCOc1ncc(F)cc1CO. The normalized spacial score (nSPS) is 10.1. The Balaban J connectivity index is 2.79. The summed E-state index contributed by atoms with van der Waals surface area (Å²) in [5.41, 5.74) is 0.383. The fraction of sp³-hybridized carbons (Fsp3) is 0.444. The fourth-order valence-electron chi connectivity index (χ4n) is 0.911. The van der Waals surface area contributed by atoms with Crippen molar-refractivity contribution >= 4 is 0 Å². The molecule has 1 rings (SSSR count).